The lowest BCUT2D eigenvalue weighted by Crippen LogP contribution is -2.24. The molecule has 1 amide bonds. The molecule has 0 saturated carbocycles. The molecule has 0 aliphatic rings. The fourth-order valence-corrected chi connectivity index (χ4v) is 2.06. The molecule has 2 aromatic rings. The van der Waals surface area contributed by atoms with Gasteiger partial charge in [-0.05, 0) is 43.3 Å². The Morgan fingerprint density at radius 2 is 1.93 bits per heavy atom. The zero-order chi connectivity index (χ0) is 19.6. The van der Waals surface area contributed by atoms with Gasteiger partial charge in [0.15, 0.2) is 18.1 Å². The summed E-state index contributed by atoms with van der Waals surface area (Å²) in [6, 6.07) is 11.1. The van der Waals surface area contributed by atoms with E-state index in [1.807, 2.05) is 0 Å². The molecule has 0 atom stereocenters. The van der Waals surface area contributed by atoms with Crippen molar-refractivity contribution in [3.05, 3.63) is 53.6 Å². The molecule has 0 aliphatic carbocycles. The molecule has 0 aromatic heterocycles. The number of esters is 1. The molecule has 0 aliphatic heterocycles. The number of aromatic hydroxyl groups is 1. The van der Waals surface area contributed by atoms with Gasteiger partial charge >= 0.3 is 5.97 Å². The first-order chi connectivity index (χ1) is 13.0. The number of phenols is 1. The van der Waals surface area contributed by atoms with Gasteiger partial charge < -0.3 is 19.3 Å². The van der Waals surface area contributed by atoms with Gasteiger partial charge in [-0.3, -0.25) is 4.79 Å². The van der Waals surface area contributed by atoms with Gasteiger partial charge in [-0.1, -0.05) is 6.07 Å². The molecule has 142 valence electrons. The second-order valence-electron chi connectivity index (χ2n) is 5.22. The highest BCUT2D eigenvalue weighted by molar-refractivity contribution is 5.89. The molecule has 0 unspecified atom stereocenters. The lowest BCUT2D eigenvalue weighted by molar-refractivity contribution is -0.123. The Kier molecular flexibility index (Phi) is 7.18. The molecule has 8 nitrogen and oxygen atoms in total. The molecule has 0 fully saturated rings. The van der Waals surface area contributed by atoms with Crippen molar-refractivity contribution < 1.29 is 28.9 Å². The van der Waals surface area contributed by atoms with Crippen molar-refractivity contribution in [2.75, 3.05) is 20.3 Å². The molecule has 27 heavy (non-hydrogen) atoms. The molecule has 2 aromatic carbocycles. The number of carbonyl (C=O) groups excluding carboxylic acids is 2. The topological polar surface area (TPSA) is 106 Å². The van der Waals surface area contributed by atoms with Crippen molar-refractivity contribution in [2.24, 2.45) is 5.10 Å². The van der Waals surface area contributed by atoms with Crippen molar-refractivity contribution in [3.8, 4) is 17.2 Å². The van der Waals surface area contributed by atoms with Gasteiger partial charge in [0.05, 0.1) is 25.5 Å². The summed E-state index contributed by atoms with van der Waals surface area (Å²) in [7, 11) is 1.44. The summed E-state index contributed by atoms with van der Waals surface area (Å²) in [5, 5.41) is 13.7. The molecule has 0 spiro atoms. The summed E-state index contributed by atoms with van der Waals surface area (Å²) in [6.07, 6.45) is 1.30. The standard InChI is InChI=1S/C19H20N2O6/c1-3-26-19(24)13-7-9-15(10-8-13)27-12-17(22)21-20-11-14-5-4-6-16(25-2)18(14)23/h4-11,23H,3,12H2,1-2H3,(H,21,22)/b20-11+. The van der Waals surface area contributed by atoms with Crippen LogP contribution in [0, 0.1) is 0 Å². The molecule has 0 heterocycles. The van der Waals surface area contributed by atoms with E-state index < -0.39 is 11.9 Å². The highest BCUT2D eigenvalue weighted by atomic mass is 16.5. The first-order valence-electron chi connectivity index (χ1n) is 8.13. The average Bonchev–Trinajstić information content (AvgIpc) is 2.68. The second kappa shape index (κ2) is 9.81. The number of carbonyl (C=O) groups is 2. The third-order valence-corrected chi connectivity index (χ3v) is 3.38. The van der Waals surface area contributed by atoms with E-state index in [4.69, 9.17) is 14.2 Å². The smallest absolute Gasteiger partial charge is 0.338 e. The summed E-state index contributed by atoms with van der Waals surface area (Å²) in [5.74, 6) is -0.247. The van der Waals surface area contributed by atoms with E-state index in [2.05, 4.69) is 10.5 Å². The number of ether oxygens (including phenoxy) is 3. The maximum atomic E-state index is 11.8. The van der Waals surface area contributed by atoms with Crippen LogP contribution in [-0.2, 0) is 9.53 Å². The minimum Gasteiger partial charge on any atom is -0.504 e. The zero-order valence-corrected chi connectivity index (χ0v) is 15.0. The van der Waals surface area contributed by atoms with Crippen LogP contribution in [-0.4, -0.2) is 43.5 Å². The summed E-state index contributed by atoms with van der Waals surface area (Å²) in [6.45, 7) is 1.76. The Hall–Kier alpha value is -3.55. The number of hydrazone groups is 1. The summed E-state index contributed by atoms with van der Waals surface area (Å²) < 4.78 is 15.2. The van der Waals surface area contributed by atoms with E-state index in [9.17, 15) is 14.7 Å². The fourth-order valence-electron chi connectivity index (χ4n) is 2.06. The first-order valence-corrected chi connectivity index (χ1v) is 8.13. The van der Waals surface area contributed by atoms with Gasteiger partial charge in [-0.15, -0.1) is 0 Å². The second-order valence-corrected chi connectivity index (χ2v) is 5.22. The van der Waals surface area contributed by atoms with Gasteiger partial charge in [-0.2, -0.15) is 5.10 Å². The maximum Gasteiger partial charge on any atom is 0.338 e. The minimum absolute atomic E-state index is 0.0732. The summed E-state index contributed by atoms with van der Waals surface area (Å²) in [5.41, 5.74) is 3.08. The Morgan fingerprint density at radius 3 is 2.59 bits per heavy atom. The molecule has 8 heteroatoms. The number of benzene rings is 2. The van der Waals surface area contributed by atoms with Gasteiger partial charge in [0.25, 0.3) is 5.91 Å². The molecule has 0 saturated heterocycles. The zero-order valence-electron chi connectivity index (χ0n) is 15.0. The molecule has 0 radical (unpaired) electrons. The number of phenolic OH excluding ortho intramolecular Hbond substituents is 1. The third kappa shape index (κ3) is 5.74. The molecular formula is C19H20N2O6. The minimum atomic E-state index is -0.483. The van der Waals surface area contributed by atoms with E-state index in [-0.39, 0.29) is 12.4 Å². The van der Waals surface area contributed by atoms with E-state index >= 15 is 0 Å². The lowest BCUT2D eigenvalue weighted by Gasteiger charge is -2.07. The molecule has 2 rings (SSSR count). The first kappa shape index (κ1) is 19.8. The number of nitrogens with one attached hydrogen (secondary N) is 1. The van der Waals surface area contributed by atoms with Crippen LogP contribution in [0.1, 0.15) is 22.8 Å². The Bertz CT molecular complexity index is 817. The van der Waals surface area contributed by atoms with E-state index in [0.717, 1.165) is 0 Å². The van der Waals surface area contributed by atoms with E-state index in [1.165, 1.54) is 13.3 Å². The Morgan fingerprint density at radius 1 is 1.19 bits per heavy atom. The SMILES string of the molecule is CCOC(=O)c1ccc(OCC(=O)N/N=C/c2cccc(OC)c2O)cc1. The maximum absolute atomic E-state index is 11.8. The van der Waals surface area contributed by atoms with Crippen LogP contribution in [0.4, 0.5) is 0 Å². The molecule has 0 bridgehead atoms. The number of rotatable bonds is 8. The normalized spacial score (nSPS) is 10.4. The summed E-state index contributed by atoms with van der Waals surface area (Å²) >= 11 is 0. The predicted octanol–water partition coefficient (Wildman–Crippen LogP) is 2.11. The average molecular weight is 372 g/mol. The van der Waals surface area contributed by atoms with Gasteiger partial charge in [-0.25, -0.2) is 10.2 Å². The van der Waals surface area contributed by atoms with Crippen molar-refractivity contribution >= 4 is 18.1 Å². The molecule has 2 N–H and O–H groups in total. The van der Waals surface area contributed by atoms with Crippen molar-refractivity contribution in [1.82, 2.24) is 5.43 Å². The van der Waals surface area contributed by atoms with Crippen LogP contribution in [0.25, 0.3) is 0 Å². The van der Waals surface area contributed by atoms with E-state index in [0.29, 0.717) is 29.2 Å². The van der Waals surface area contributed by atoms with Crippen molar-refractivity contribution in [1.29, 1.82) is 0 Å². The highest BCUT2D eigenvalue weighted by Crippen LogP contribution is 2.27. The van der Waals surface area contributed by atoms with Crippen LogP contribution in [0.3, 0.4) is 0 Å². The number of hydrogen-bond donors (Lipinski definition) is 2. The largest absolute Gasteiger partial charge is 0.504 e. The van der Waals surface area contributed by atoms with Crippen LogP contribution in [0.5, 0.6) is 17.2 Å². The van der Waals surface area contributed by atoms with Crippen LogP contribution in [0.2, 0.25) is 0 Å². The number of para-hydroxylation sites is 1. The van der Waals surface area contributed by atoms with Gasteiger partial charge in [0.2, 0.25) is 0 Å². The monoisotopic (exact) mass is 372 g/mol. The van der Waals surface area contributed by atoms with Crippen LogP contribution >= 0.6 is 0 Å². The van der Waals surface area contributed by atoms with Gasteiger partial charge in [0.1, 0.15) is 5.75 Å². The van der Waals surface area contributed by atoms with Crippen LogP contribution < -0.4 is 14.9 Å². The number of hydrogen-bond acceptors (Lipinski definition) is 7. The predicted molar refractivity (Wildman–Crippen MR) is 98.3 cm³/mol. The number of methoxy groups -OCH3 is 1. The van der Waals surface area contributed by atoms with Gasteiger partial charge in [0, 0.05) is 5.56 Å². The number of amides is 1. The fraction of sp³-hybridized carbons (Fsp3) is 0.211. The van der Waals surface area contributed by atoms with Crippen molar-refractivity contribution in [2.45, 2.75) is 6.92 Å². The van der Waals surface area contributed by atoms with Crippen molar-refractivity contribution in [3.63, 3.8) is 0 Å². The lowest BCUT2D eigenvalue weighted by atomic mass is 10.2. The van der Waals surface area contributed by atoms with E-state index in [1.54, 1.807) is 49.4 Å². The number of nitrogens with zero attached hydrogens (tertiary/aromatic N) is 1. The highest BCUT2D eigenvalue weighted by Gasteiger charge is 2.08. The summed E-state index contributed by atoms with van der Waals surface area (Å²) in [4.78, 5) is 23.3. The third-order valence-electron chi connectivity index (χ3n) is 3.38. The Balaban J connectivity index is 1.83. The molecular weight excluding hydrogens is 352 g/mol. The van der Waals surface area contributed by atoms with Crippen LogP contribution in [0.15, 0.2) is 47.6 Å². The Labute approximate surface area is 156 Å². The quantitative estimate of drug-likeness (QED) is 0.418.